The van der Waals surface area contributed by atoms with Gasteiger partial charge in [-0.3, -0.25) is 0 Å². The lowest BCUT2D eigenvalue weighted by Gasteiger charge is -2.34. The van der Waals surface area contributed by atoms with Crippen molar-refractivity contribution in [2.45, 2.75) is 51.5 Å². The maximum Gasteiger partial charge on any atom is 0.417 e. The molecule has 0 unspecified atom stereocenters. The monoisotopic (exact) mass is 524 g/mol. The first-order chi connectivity index (χ1) is 17.4. The predicted octanol–water partition coefficient (Wildman–Crippen LogP) is 3.75. The molecule has 0 bridgehead atoms. The highest BCUT2D eigenvalue weighted by atomic mass is 19.4. The maximum atomic E-state index is 13.8. The number of carbonyl (C=O) groups excluding carboxylic acids is 1. The first-order valence-corrected chi connectivity index (χ1v) is 12.1. The van der Waals surface area contributed by atoms with Crippen LogP contribution in [0.15, 0.2) is 18.3 Å². The van der Waals surface area contributed by atoms with Crippen molar-refractivity contribution in [3.8, 4) is 17.1 Å². The number of anilines is 2. The van der Waals surface area contributed by atoms with E-state index in [-0.39, 0.29) is 35.4 Å². The van der Waals surface area contributed by atoms with Crippen molar-refractivity contribution in [2.75, 3.05) is 50.0 Å². The van der Waals surface area contributed by atoms with Crippen LogP contribution in [0.4, 0.5) is 29.7 Å². The van der Waals surface area contributed by atoms with E-state index < -0.39 is 29.5 Å². The van der Waals surface area contributed by atoms with E-state index >= 15 is 0 Å². The van der Waals surface area contributed by atoms with Crippen molar-refractivity contribution in [3.63, 3.8) is 0 Å². The second-order valence-corrected chi connectivity index (χ2v) is 9.95. The highest BCUT2D eigenvalue weighted by Crippen LogP contribution is 2.38. The molecule has 4 rings (SSSR count). The molecule has 2 aromatic rings. The molecule has 0 saturated carbocycles. The number of hydrogen-bond donors (Lipinski definition) is 1. The molecule has 2 N–H and O–H groups in total. The second kappa shape index (κ2) is 10.6. The molecule has 0 aliphatic carbocycles. The molecule has 2 fully saturated rings. The van der Waals surface area contributed by atoms with Crippen molar-refractivity contribution >= 4 is 17.9 Å². The molecule has 0 spiro atoms. The zero-order valence-corrected chi connectivity index (χ0v) is 21.0. The van der Waals surface area contributed by atoms with Crippen LogP contribution in [0.2, 0.25) is 0 Å². The first kappa shape index (κ1) is 26.7. The summed E-state index contributed by atoms with van der Waals surface area (Å²) in [5.41, 5.74) is 3.73. The third-order valence-electron chi connectivity index (χ3n) is 5.81. The predicted molar refractivity (Wildman–Crippen MR) is 129 cm³/mol. The summed E-state index contributed by atoms with van der Waals surface area (Å²) in [6.45, 7) is 7.99. The Labute approximate surface area is 212 Å². The van der Waals surface area contributed by atoms with Crippen LogP contribution < -0.4 is 15.4 Å². The van der Waals surface area contributed by atoms with Gasteiger partial charge in [0.1, 0.15) is 17.5 Å². The number of amides is 1. The van der Waals surface area contributed by atoms with Gasteiger partial charge in [-0.25, -0.2) is 14.8 Å². The van der Waals surface area contributed by atoms with Gasteiger partial charge in [0.15, 0.2) is 0 Å². The fourth-order valence-corrected chi connectivity index (χ4v) is 4.12. The number of likely N-dealkylation sites (tertiary alicyclic amines) is 1. The molecule has 202 valence electrons. The average Bonchev–Trinajstić information content (AvgIpc) is 2.83. The van der Waals surface area contributed by atoms with E-state index in [1.54, 1.807) is 25.7 Å². The average molecular weight is 525 g/mol. The van der Waals surface area contributed by atoms with Gasteiger partial charge in [0.05, 0.1) is 31.0 Å². The molecule has 2 saturated heterocycles. The first-order valence-electron chi connectivity index (χ1n) is 12.1. The fourth-order valence-electron chi connectivity index (χ4n) is 4.12. The van der Waals surface area contributed by atoms with E-state index in [2.05, 4.69) is 15.0 Å². The minimum absolute atomic E-state index is 0.00567. The zero-order valence-electron chi connectivity index (χ0n) is 21.0. The van der Waals surface area contributed by atoms with Gasteiger partial charge in [0.2, 0.25) is 11.8 Å². The highest BCUT2D eigenvalue weighted by Gasteiger charge is 2.35. The summed E-state index contributed by atoms with van der Waals surface area (Å²) in [6.07, 6.45) is -3.16. The summed E-state index contributed by atoms with van der Waals surface area (Å²) in [5.74, 6) is 0.0764. The van der Waals surface area contributed by atoms with Gasteiger partial charge >= 0.3 is 12.3 Å². The van der Waals surface area contributed by atoms with Crippen molar-refractivity contribution in [1.29, 1.82) is 0 Å². The molecule has 37 heavy (non-hydrogen) atoms. The Hall–Kier alpha value is -3.35. The topological polar surface area (TPSA) is 116 Å². The third kappa shape index (κ3) is 6.90. The molecular formula is C24H31F3N6O4. The number of rotatable bonds is 4. The van der Waals surface area contributed by atoms with Gasteiger partial charge in [-0.15, -0.1) is 0 Å². The molecule has 2 aromatic heterocycles. The van der Waals surface area contributed by atoms with Gasteiger partial charge in [-0.05, 0) is 39.7 Å². The summed E-state index contributed by atoms with van der Waals surface area (Å²) in [5, 5.41) is 0. The Morgan fingerprint density at radius 2 is 1.86 bits per heavy atom. The Kier molecular flexibility index (Phi) is 7.62. The van der Waals surface area contributed by atoms with E-state index in [4.69, 9.17) is 19.9 Å². The van der Waals surface area contributed by atoms with Crippen molar-refractivity contribution in [2.24, 2.45) is 0 Å². The van der Waals surface area contributed by atoms with E-state index in [0.717, 1.165) is 12.3 Å². The number of piperidine rings is 1. The molecular weight excluding hydrogens is 493 g/mol. The van der Waals surface area contributed by atoms with E-state index in [1.807, 2.05) is 4.90 Å². The molecule has 2 aliphatic rings. The van der Waals surface area contributed by atoms with E-state index in [9.17, 15) is 18.0 Å². The molecule has 13 heteroatoms. The van der Waals surface area contributed by atoms with Crippen LogP contribution in [0.25, 0.3) is 11.3 Å². The highest BCUT2D eigenvalue weighted by molar-refractivity contribution is 5.68. The van der Waals surface area contributed by atoms with Crippen LogP contribution >= 0.6 is 0 Å². The van der Waals surface area contributed by atoms with Crippen LogP contribution in [0.3, 0.4) is 0 Å². The van der Waals surface area contributed by atoms with Crippen LogP contribution in [-0.4, -0.2) is 77.0 Å². The Balaban J connectivity index is 1.65. The van der Waals surface area contributed by atoms with Crippen LogP contribution in [-0.2, 0) is 15.7 Å². The normalized spacial score (nSPS) is 19.0. The molecule has 10 nitrogen and oxygen atoms in total. The fraction of sp³-hybridized carbons (Fsp3) is 0.583. The Morgan fingerprint density at radius 3 is 2.54 bits per heavy atom. The zero-order chi connectivity index (χ0) is 26.8. The van der Waals surface area contributed by atoms with Gasteiger partial charge in [-0.2, -0.15) is 18.2 Å². The molecule has 1 amide bonds. The summed E-state index contributed by atoms with van der Waals surface area (Å²) in [7, 11) is 0. The molecule has 4 heterocycles. The SMILES string of the molecule is CC(C)(C)OC(=O)N1CCC[C@H](Oc2cc(-c3cnc(N)cc3C(F)(F)F)nc(N3CCOCC3)n2)C1. The van der Waals surface area contributed by atoms with Crippen molar-refractivity contribution in [3.05, 3.63) is 23.9 Å². The minimum atomic E-state index is -4.67. The Bertz CT molecular complexity index is 1120. The molecule has 1 atom stereocenters. The summed E-state index contributed by atoms with van der Waals surface area (Å²) in [6, 6.07) is 2.14. The Morgan fingerprint density at radius 1 is 1.14 bits per heavy atom. The van der Waals surface area contributed by atoms with Gasteiger partial charge in [0.25, 0.3) is 0 Å². The quantitative estimate of drug-likeness (QED) is 0.638. The summed E-state index contributed by atoms with van der Waals surface area (Å²) >= 11 is 0. The lowest BCUT2D eigenvalue weighted by atomic mass is 10.1. The van der Waals surface area contributed by atoms with Gasteiger partial charge in [-0.1, -0.05) is 0 Å². The molecule has 0 aromatic carbocycles. The number of ether oxygens (including phenoxy) is 3. The van der Waals surface area contributed by atoms with Gasteiger partial charge < -0.3 is 29.7 Å². The van der Waals surface area contributed by atoms with Gasteiger partial charge in [0, 0.05) is 37.5 Å². The van der Waals surface area contributed by atoms with Crippen molar-refractivity contribution in [1.82, 2.24) is 19.9 Å². The number of nitrogen functional groups attached to an aromatic ring is 1. The molecule has 0 radical (unpaired) electrons. The number of alkyl halides is 3. The van der Waals surface area contributed by atoms with E-state index in [1.165, 1.54) is 6.07 Å². The van der Waals surface area contributed by atoms with Crippen LogP contribution in [0, 0.1) is 0 Å². The number of carbonyl (C=O) groups is 1. The van der Waals surface area contributed by atoms with Crippen LogP contribution in [0.5, 0.6) is 5.88 Å². The lowest BCUT2D eigenvalue weighted by Crippen LogP contribution is -2.46. The van der Waals surface area contributed by atoms with Crippen molar-refractivity contribution < 1.29 is 32.2 Å². The number of hydrogen-bond acceptors (Lipinski definition) is 9. The number of morpholine rings is 1. The number of halogens is 3. The third-order valence-corrected chi connectivity index (χ3v) is 5.81. The molecule has 2 aliphatic heterocycles. The minimum Gasteiger partial charge on any atom is -0.472 e. The number of pyridine rings is 1. The van der Waals surface area contributed by atoms with E-state index in [0.29, 0.717) is 45.7 Å². The number of aromatic nitrogens is 3. The summed E-state index contributed by atoms with van der Waals surface area (Å²) in [4.78, 5) is 28.7. The smallest absolute Gasteiger partial charge is 0.417 e. The number of nitrogens with zero attached hydrogens (tertiary/aromatic N) is 5. The standard InChI is InChI=1S/C24H31F3N6O4/c1-23(2,3)37-22(34)33-6-4-5-15(14-33)36-20-12-18(30-21(31-20)32-7-9-35-10-8-32)16-13-29-19(28)11-17(16)24(25,26)27/h11-13,15H,4-10,14H2,1-3H3,(H2,28,29)/t15-/m0/s1. The number of nitrogens with two attached hydrogens (primary N) is 1. The lowest BCUT2D eigenvalue weighted by molar-refractivity contribution is -0.137. The maximum absolute atomic E-state index is 13.8. The van der Waals surface area contributed by atoms with Crippen LogP contribution in [0.1, 0.15) is 39.2 Å². The summed E-state index contributed by atoms with van der Waals surface area (Å²) < 4.78 is 58.5. The second-order valence-electron chi connectivity index (χ2n) is 9.95. The largest absolute Gasteiger partial charge is 0.472 e.